The van der Waals surface area contributed by atoms with Crippen LogP contribution in [-0.4, -0.2) is 27.5 Å². The van der Waals surface area contributed by atoms with E-state index >= 15 is 0 Å². The van der Waals surface area contributed by atoms with Crippen LogP contribution in [0.1, 0.15) is 27.2 Å². The molecule has 2 rings (SSSR count). The van der Waals surface area contributed by atoms with Crippen molar-refractivity contribution in [3.8, 4) is 11.5 Å². The van der Waals surface area contributed by atoms with Crippen molar-refractivity contribution in [2.45, 2.75) is 32.1 Å². The average molecular weight is 327 g/mol. The number of benzene rings is 1. The molecule has 1 fully saturated rings. The molecular formula is C15H21NO5S. The van der Waals surface area contributed by atoms with E-state index in [1.165, 1.54) is 18.2 Å². The molecule has 0 aliphatic heterocycles. The number of carbonyl (C=O) groups is 1. The predicted octanol–water partition coefficient (Wildman–Crippen LogP) is 1.94. The van der Waals surface area contributed by atoms with Gasteiger partial charge in [0.05, 0.1) is 18.1 Å². The number of hydrogen-bond donors (Lipinski definition) is 1. The van der Waals surface area contributed by atoms with Crippen LogP contribution in [0.15, 0.2) is 23.1 Å². The molecule has 1 aromatic carbocycles. The summed E-state index contributed by atoms with van der Waals surface area (Å²) in [6.45, 7) is 6.38. The molecule has 0 heterocycles. The van der Waals surface area contributed by atoms with Gasteiger partial charge in [-0.3, -0.25) is 4.79 Å². The Labute approximate surface area is 130 Å². The first-order valence-electron chi connectivity index (χ1n) is 7.35. The van der Waals surface area contributed by atoms with Gasteiger partial charge in [-0.2, -0.15) is 0 Å². The van der Waals surface area contributed by atoms with Crippen molar-refractivity contribution < 1.29 is 22.7 Å². The molecule has 6 nitrogen and oxygen atoms in total. The van der Waals surface area contributed by atoms with Gasteiger partial charge in [0.15, 0.2) is 11.5 Å². The lowest BCUT2D eigenvalue weighted by Crippen LogP contribution is -2.32. The smallest absolute Gasteiger partial charge is 0.264 e. The number of nitrogens with one attached hydrogen (secondary N) is 1. The van der Waals surface area contributed by atoms with E-state index in [4.69, 9.17) is 9.47 Å². The van der Waals surface area contributed by atoms with E-state index in [1.54, 1.807) is 6.92 Å². The third-order valence-electron chi connectivity index (χ3n) is 3.51. The zero-order valence-electron chi connectivity index (χ0n) is 13.0. The molecule has 0 aromatic heterocycles. The monoisotopic (exact) mass is 327 g/mol. The van der Waals surface area contributed by atoms with Crippen LogP contribution in [0, 0.1) is 11.8 Å². The summed E-state index contributed by atoms with van der Waals surface area (Å²) >= 11 is 0. The number of rotatable bonds is 7. The molecule has 1 aliphatic rings. The Kier molecular flexibility index (Phi) is 4.95. The van der Waals surface area contributed by atoms with Gasteiger partial charge in [-0.05, 0) is 38.3 Å². The number of carbonyl (C=O) groups excluding carboxylic acids is 1. The van der Waals surface area contributed by atoms with Gasteiger partial charge in [-0.25, -0.2) is 13.1 Å². The van der Waals surface area contributed by atoms with Gasteiger partial charge in [0.25, 0.3) is 10.0 Å². The molecule has 1 amide bonds. The summed E-state index contributed by atoms with van der Waals surface area (Å²) in [5.74, 6) is 0.419. The summed E-state index contributed by atoms with van der Waals surface area (Å²) in [6, 6.07) is 4.31. The Bertz CT molecular complexity index is 656. The highest BCUT2D eigenvalue weighted by Crippen LogP contribution is 2.38. The molecule has 122 valence electrons. The molecule has 7 heteroatoms. The standard InChI is InChI=1S/C15H21NO5S/c1-4-20-13-7-6-11(9-14(13)21-5-2)22(18,19)16-15(17)12-8-10(12)3/h6-7,9-10,12H,4-5,8H2,1-3H3,(H,16,17)/t10-,12-/m1/s1. The van der Waals surface area contributed by atoms with Crippen LogP contribution in [-0.2, 0) is 14.8 Å². The lowest BCUT2D eigenvalue weighted by atomic mass is 10.3. The Hall–Kier alpha value is -1.76. The maximum atomic E-state index is 12.3. The van der Waals surface area contributed by atoms with E-state index in [0.29, 0.717) is 24.7 Å². The normalized spacial score (nSPS) is 20.3. The first kappa shape index (κ1) is 16.6. The van der Waals surface area contributed by atoms with Crippen molar-refractivity contribution in [3.63, 3.8) is 0 Å². The summed E-state index contributed by atoms with van der Waals surface area (Å²) in [5, 5.41) is 0. The van der Waals surface area contributed by atoms with Gasteiger partial charge in [0.2, 0.25) is 5.91 Å². The summed E-state index contributed by atoms with van der Waals surface area (Å²) in [6.07, 6.45) is 0.731. The fourth-order valence-electron chi connectivity index (χ4n) is 2.15. The maximum absolute atomic E-state index is 12.3. The first-order valence-corrected chi connectivity index (χ1v) is 8.83. The second-order valence-corrected chi connectivity index (χ2v) is 6.95. The van der Waals surface area contributed by atoms with E-state index in [1.807, 2.05) is 13.8 Å². The Morgan fingerprint density at radius 3 is 2.36 bits per heavy atom. The molecule has 1 aromatic rings. The lowest BCUT2D eigenvalue weighted by Gasteiger charge is -2.13. The van der Waals surface area contributed by atoms with Crippen LogP contribution >= 0.6 is 0 Å². The molecule has 0 radical (unpaired) electrons. The molecular weight excluding hydrogens is 306 g/mol. The maximum Gasteiger partial charge on any atom is 0.264 e. The highest BCUT2D eigenvalue weighted by atomic mass is 32.2. The van der Waals surface area contributed by atoms with E-state index < -0.39 is 15.9 Å². The lowest BCUT2D eigenvalue weighted by molar-refractivity contribution is -0.120. The Balaban J connectivity index is 2.22. The van der Waals surface area contributed by atoms with Crippen molar-refractivity contribution in [2.24, 2.45) is 11.8 Å². The van der Waals surface area contributed by atoms with Crippen molar-refractivity contribution in [1.29, 1.82) is 0 Å². The Morgan fingerprint density at radius 2 is 1.82 bits per heavy atom. The molecule has 2 atom stereocenters. The topological polar surface area (TPSA) is 81.7 Å². The molecule has 0 saturated heterocycles. The summed E-state index contributed by atoms with van der Waals surface area (Å²) in [7, 11) is -3.90. The number of amides is 1. The fraction of sp³-hybridized carbons (Fsp3) is 0.533. The molecule has 1 aliphatic carbocycles. The van der Waals surface area contributed by atoms with Gasteiger partial charge in [-0.1, -0.05) is 6.92 Å². The number of ether oxygens (including phenoxy) is 2. The SMILES string of the molecule is CCOc1ccc(S(=O)(=O)NC(=O)[C@@H]2C[C@H]2C)cc1OCC. The largest absolute Gasteiger partial charge is 0.490 e. The molecule has 0 unspecified atom stereocenters. The zero-order chi connectivity index (χ0) is 16.3. The number of sulfonamides is 1. The highest BCUT2D eigenvalue weighted by Gasteiger charge is 2.40. The van der Waals surface area contributed by atoms with Crippen molar-refractivity contribution >= 4 is 15.9 Å². The highest BCUT2D eigenvalue weighted by molar-refractivity contribution is 7.90. The quantitative estimate of drug-likeness (QED) is 0.828. The minimum atomic E-state index is -3.90. The van der Waals surface area contributed by atoms with E-state index in [9.17, 15) is 13.2 Å². The van der Waals surface area contributed by atoms with Crippen LogP contribution in [0.5, 0.6) is 11.5 Å². The number of hydrogen-bond acceptors (Lipinski definition) is 5. The van der Waals surface area contributed by atoms with Crippen molar-refractivity contribution in [2.75, 3.05) is 13.2 Å². The van der Waals surface area contributed by atoms with Gasteiger partial charge >= 0.3 is 0 Å². The van der Waals surface area contributed by atoms with Crippen LogP contribution in [0.4, 0.5) is 0 Å². The molecule has 0 bridgehead atoms. The molecule has 1 N–H and O–H groups in total. The summed E-state index contributed by atoms with van der Waals surface area (Å²) in [4.78, 5) is 11.8. The van der Waals surface area contributed by atoms with Crippen LogP contribution < -0.4 is 14.2 Å². The van der Waals surface area contributed by atoms with Gasteiger partial charge in [0.1, 0.15) is 0 Å². The van der Waals surface area contributed by atoms with E-state index in [-0.39, 0.29) is 16.7 Å². The van der Waals surface area contributed by atoms with E-state index in [0.717, 1.165) is 6.42 Å². The Morgan fingerprint density at radius 1 is 1.23 bits per heavy atom. The van der Waals surface area contributed by atoms with E-state index in [2.05, 4.69) is 4.72 Å². The summed E-state index contributed by atoms with van der Waals surface area (Å²) < 4.78 is 37.5. The van der Waals surface area contributed by atoms with Gasteiger partial charge in [0, 0.05) is 12.0 Å². The second-order valence-electron chi connectivity index (χ2n) is 5.26. The average Bonchev–Trinajstić information content (AvgIpc) is 3.18. The van der Waals surface area contributed by atoms with Crippen LogP contribution in [0.3, 0.4) is 0 Å². The predicted molar refractivity (Wildman–Crippen MR) is 81.4 cm³/mol. The third kappa shape index (κ3) is 3.71. The minimum absolute atomic E-state index is 0.0129. The molecule has 1 saturated carbocycles. The van der Waals surface area contributed by atoms with Gasteiger partial charge < -0.3 is 9.47 Å². The molecule has 0 spiro atoms. The molecule has 22 heavy (non-hydrogen) atoms. The van der Waals surface area contributed by atoms with Crippen molar-refractivity contribution in [1.82, 2.24) is 4.72 Å². The minimum Gasteiger partial charge on any atom is -0.490 e. The van der Waals surface area contributed by atoms with Crippen molar-refractivity contribution in [3.05, 3.63) is 18.2 Å². The second kappa shape index (κ2) is 6.56. The first-order chi connectivity index (χ1) is 10.4. The van der Waals surface area contributed by atoms with Crippen LogP contribution in [0.2, 0.25) is 0 Å². The fourth-order valence-corrected chi connectivity index (χ4v) is 3.20. The summed E-state index contributed by atoms with van der Waals surface area (Å²) in [5.41, 5.74) is 0. The van der Waals surface area contributed by atoms with Gasteiger partial charge in [-0.15, -0.1) is 0 Å². The third-order valence-corrected chi connectivity index (χ3v) is 4.85. The van der Waals surface area contributed by atoms with Crippen LogP contribution in [0.25, 0.3) is 0 Å². The zero-order valence-corrected chi connectivity index (χ0v) is 13.8.